The molecule has 2 atom stereocenters. The summed E-state index contributed by atoms with van der Waals surface area (Å²) in [6, 6.07) is 7.35. The van der Waals surface area contributed by atoms with Crippen molar-refractivity contribution in [1.82, 2.24) is 10.6 Å². The van der Waals surface area contributed by atoms with Crippen LogP contribution in [-0.2, 0) is 22.7 Å². The molecular formula is C22H28N2O8. The molecule has 2 unspecified atom stereocenters. The van der Waals surface area contributed by atoms with Crippen LogP contribution in [0.25, 0.3) is 0 Å². The van der Waals surface area contributed by atoms with Crippen LogP contribution in [0.1, 0.15) is 11.1 Å². The number of aliphatic carboxylic acids is 2. The van der Waals surface area contributed by atoms with E-state index in [1.165, 1.54) is 28.4 Å². The summed E-state index contributed by atoms with van der Waals surface area (Å²) in [5, 5.41) is 25.0. The third-order valence-corrected chi connectivity index (χ3v) is 4.88. The summed E-state index contributed by atoms with van der Waals surface area (Å²) in [5.41, 5.74) is 1.31. The van der Waals surface area contributed by atoms with Gasteiger partial charge in [0.2, 0.25) is 0 Å². The van der Waals surface area contributed by atoms with Crippen molar-refractivity contribution in [2.45, 2.75) is 25.2 Å². The van der Waals surface area contributed by atoms with Crippen molar-refractivity contribution in [3.05, 3.63) is 47.5 Å². The van der Waals surface area contributed by atoms with E-state index in [1.807, 2.05) is 0 Å². The van der Waals surface area contributed by atoms with Gasteiger partial charge in [0.25, 0.3) is 0 Å². The van der Waals surface area contributed by atoms with Crippen LogP contribution in [0.5, 0.6) is 23.0 Å². The van der Waals surface area contributed by atoms with Crippen LogP contribution < -0.4 is 29.6 Å². The van der Waals surface area contributed by atoms with Crippen molar-refractivity contribution in [2.24, 2.45) is 0 Å². The van der Waals surface area contributed by atoms with Crippen molar-refractivity contribution in [2.75, 3.05) is 28.4 Å². The second-order valence-corrected chi connectivity index (χ2v) is 6.75. The predicted molar refractivity (Wildman–Crippen MR) is 116 cm³/mol. The number of rotatable bonds is 13. The minimum absolute atomic E-state index is 0.0709. The Balaban J connectivity index is 2.17. The first-order chi connectivity index (χ1) is 15.3. The SMILES string of the molecule is COc1ccc(CNC(C(=O)O)C(NCc2ccc(OC)cc2OC)C(=O)O)c(OC)c1. The molecule has 10 heteroatoms. The molecule has 0 aliphatic heterocycles. The van der Waals surface area contributed by atoms with Crippen molar-refractivity contribution in [1.29, 1.82) is 0 Å². The van der Waals surface area contributed by atoms with Crippen molar-refractivity contribution < 1.29 is 38.7 Å². The highest BCUT2D eigenvalue weighted by atomic mass is 16.5. The quantitative estimate of drug-likeness (QED) is 0.357. The zero-order chi connectivity index (χ0) is 23.7. The monoisotopic (exact) mass is 448 g/mol. The second-order valence-electron chi connectivity index (χ2n) is 6.75. The summed E-state index contributed by atoms with van der Waals surface area (Å²) in [6.07, 6.45) is 0. The Morgan fingerprint density at radius 3 is 1.38 bits per heavy atom. The number of hydrogen-bond donors (Lipinski definition) is 4. The number of methoxy groups -OCH3 is 4. The number of ether oxygens (including phenoxy) is 4. The highest BCUT2D eigenvalue weighted by Gasteiger charge is 2.33. The van der Waals surface area contributed by atoms with Gasteiger partial charge in [0.05, 0.1) is 28.4 Å². The van der Waals surface area contributed by atoms with Gasteiger partial charge in [0, 0.05) is 36.3 Å². The molecule has 2 aromatic carbocycles. The van der Waals surface area contributed by atoms with Crippen LogP contribution in [0.15, 0.2) is 36.4 Å². The topological polar surface area (TPSA) is 136 Å². The Morgan fingerprint density at radius 1 is 0.719 bits per heavy atom. The minimum atomic E-state index is -1.41. The first-order valence-electron chi connectivity index (χ1n) is 9.68. The fourth-order valence-corrected chi connectivity index (χ4v) is 3.13. The van der Waals surface area contributed by atoms with E-state index in [2.05, 4.69) is 10.6 Å². The first-order valence-corrected chi connectivity index (χ1v) is 9.68. The summed E-state index contributed by atoms with van der Waals surface area (Å²) in [6.45, 7) is 0.142. The number of hydrogen-bond acceptors (Lipinski definition) is 8. The lowest BCUT2D eigenvalue weighted by molar-refractivity contribution is -0.148. The lowest BCUT2D eigenvalue weighted by atomic mass is 10.1. The molecule has 0 radical (unpaired) electrons. The van der Waals surface area contributed by atoms with Gasteiger partial charge in [-0.25, -0.2) is 0 Å². The molecule has 2 aromatic rings. The summed E-state index contributed by atoms with van der Waals surface area (Å²) in [7, 11) is 6.01. The Bertz CT molecular complexity index is 859. The molecule has 174 valence electrons. The van der Waals surface area contributed by atoms with E-state index in [0.29, 0.717) is 34.1 Å². The molecule has 0 bridgehead atoms. The van der Waals surface area contributed by atoms with Gasteiger partial charge in [-0.2, -0.15) is 0 Å². The van der Waals surface area contributed by atoms with Gasteiger partial charge in [-0.15, -0.1) is 0 Å². The Hall–Kier alpha value is -3.50. The average molecular weight is 448 g/mol. The van der Waals surface area contributed by atoms with Crippen LogP contribution >= 0.6 is 0 Å². The molecule has 0 saturated carbocycles. The molecule has 32 heavy (non-hydrogen) atoms. The third-order valence-electron chi connectivity index (χ3n) is 4.88. The van der Waals surface area contributed by atoms with Crippen molar-refractivity contribution in [3.63, 3.8) is 0 Å². The van der Waals surface area contributed by atoms with Crippen LogP contribution in [0.2, 0.25) is 0 Å². The predicted octanol–water partition coefficient (Wildman–Crippen LogP) is 1.51. The fourth-order valence-electron chi connectivity index (χ4n) is 3.13. The average Bonchev–Trinajstić information content (AvgIpc) is 2.80. The molecule has 0 aromatic heterocycles. The molecule has 2 rings (SSSR count). The summed E-state index contributed by atoms with van der Waals surface area (Å²) < 4.78 is 20.9. The van der Waals surface area contributed by atoms with Gasteiger partial charge in [-0.1, -0.05) is 12.1 Å². The summed E-state index contributed by atoms with van der Waals surface area (Å²) in [4.78, 5) is 23.8. The highest BCUT2D eigenvalue weighted by Crippen LogP contribution is 2.25. The maximum Gasteiger partial charge on any atom is 0.322 e. The lowest BCUT2D eigenvalue weighted by Gasteiger charge is -2.24. The van der Waals surface area contributed by atoms with E-state index in [4.69, 9.17) is 18.9 Å². The Morgan fingerprint density at radius 2 is 1.09 bits per heavy atom. The normalized spacial score (nSPS) is 12.5. The molecule has 0 fully saturated rings. The standard InChI is InChI=1S/C22H28N2O8/c1-29-15-7-5-13(17(9-15)31-3)11-23-19(21(25)26)20(22(27)28)24-12-14-6-8-16(30-2)10-18(14)32-4/h5-10,19-20,23-24H,11-12H2,1-4H3,(H,25,26)(H,27,28). The zero-order valence-corrected chi connectivity index (χ0v) is 18.4. The Kier molecular flexibility index (Phi) is 9.11. The fraction of sp³-hybridized carbons (Fsp3) is 0.364. The molecule has 4 N–H and O–H groups in total. The maximum absolute atomic E-state index is 11.9. The van der Waals surface area contributed by atoms with Crippen molar-refractivity contribution >= 4 is 11.9 Å². The molecule has 0 heterocycles. The molecule has 0 spiro atoms. The number of carboxylic acids is 2. The summed E-state index contributed by atoms with van der Waals surface area (Å²) in [5.74, 6) is -0.469. The molecular weight excluding hydrogens is 420 g/mol. The third kappa shape index (κ3) is 6.25. The number of nitrogens with one attached hydrogen (secondary N) is 2. The van der Waals surface area contributed by atoms with E-state index in [1.54, 1.807) is 36.4 Å². The summed E-state index contributed by atoms with van der Waals surface area (Å²) >= 11 is 0. The van der Waals surface area contributed by atoms with E-state index < -0.39 is 24.0 Å². The maximum atomic E-state index is 11.9. The highest BCUT2D eigenvalue weighted by molar-refractivity contribution is 5.85. The van der Waals surface area contributed by atoms with Crippen LogP contribution in [0.4, 0.5) is 0 Å². The van der Waals surface area contributed by atoms with Gasteiger partial charge in [-0.3, -0.25) is 20.2 Å². The van der Waals surface area contributed by atoms with E-state index in [-0.39, 0.29) is 13.1 Å². The second kappa shape index (κ2) is 11.8. The number of carbonyl (C=O) groups is 2. The van der Waals surface area contributed by atoms with Crippen LogP contribution in [0, 0.1) is 0 Å². The minimum Gasteiger partial charge on any atom is -0.497 e. The van der Waals surface area contributed by atoms with E-state index in [9.17, 15) is 19.8 Å². The molecule has 0 saturated heterocycles. The first kappa shape index (κ1) is 24.8. The van der Waals surface area contributed by atoms with Gasteiger partial charge in [0.15, 0.2) is 0 Å². The van der Waals surface area contributed by atoms with Gasteiger partial charge >= 0.3 is 11.9 Å². The lowest BCUT2D eigenvalue weighted by Crippen LogP contribution is -2.56. The van der Waals surface area contributed by atoms with Gasteiger partial charge < -0.3 is 29.2 Å². The molecule has 0 aliphatic rings. The smallest absolute Gasteiger partial charge is 0.322 e. The van der Waals surface area contributed by atoms with Crippen LogP contribution in [-0.4, -0.2) is 62.7 Å². The van der Waals surface area contributed by atoms with Crippen LogP contribution in [0.3, 0.4) is 0 Å². The molecule has 10 nitrogen and oxygen atoms in total. The number of carboxylic acid groups (broad SMARTS) is 2. The van der Waals surface area contributed by atoms with Crippen molar-refractivity contribution in [3.8, 4) is 23.0 Å². The van der Waals surface area contributed by atoms with E-state index in [0.717, 1.165) is 0 Å². The number of benzene rings is 2. The zero-order valence-electron chi connectivity index (χ0n) is 18.4. The van der Waals surface area contributed by atoms with Gasteiger partial charge in [-0.05, 0) is 12.1 Å². The molecule has 0 aliphatic carbocycles. The van der Waals surface area contributed by atoms with E-state index >= 15 is 0 Å². The largest absolute Gasteiger partial charge is 0.497 e. The Labute approximate surface area is 186 Å². The molecule has 0 amide bonds. The van der Waals surface area contributed by atoms with Gasteiger partial charge in [0.1, 0.15) is 35.1 Å².